The number of hydrogen-bond donors (Lipinski definition) is 1. The second kappa shape index (κ2) is 6.96. The van der Waals surface area contributed by atoms with Crippen LogP contribution in [-0.4, -0.2) is 18.5 Å². The number of ether oxygens (including phenoxy) is 1. The first-order valence-corrected chi connectivity index (χ1v) is 6.14. The van der Waals surface area contributed by atoms with Gasteiger partial charge in [-0.3, -0.25) is 4.79 Å². The average molecular weight is 312 g/mol. The quantitative estimate of drug-likeness (QED) is 0.687. The zero-order valence-electron chi connectivity index (χ0n) is 10.2. The van der Waals surface area contributed by atoms with Crippen LogP contribution in [0, 0.1) is 0 Å². The van der Waals surface area contributed by atoms with Crippen LogP contribution in [0.15, 0.2) is 40.4 Å². The summed E-state index contributed by atoms with van der Waals surface area (Å²) in [6, 6.07) is 7.16. The molecule has 96 valence electrons. The Kier molecular flexibility index (Phi) is 5.58. The Bertz CT molecular complexity index is 479. The van der Waals surface area contributed by atoms with Crippen LogP contribution in [0.4, 0.5) is 5.69 Å². The van der Waals surface area contributed by atoms with Crippen molar-refractivity contribution in [1.82, 2.24) is 0 Å². The summed E-state index contributed by atoms with van der Waals surface area (Å²) in [5.41, 5.74) is 1.47. The summed E-state index contributed by atoms with van der Waals surface area (Å²) >= 11 is 3.30. The third-order valence-corrected chi connectivity index (χ3v) is 2.35. The molecule has 0 fully saturated rings. The number of allylic oxidation sites excluding steroid dienone is 1. The maximum Gasteiger partial charge on any atom is 0.331 e. The van der Waals surface area contributed by atoms with Crippen LogP contribution in [0.1, 0.15) is 13.8 Å². The van der Waals surface area contributed by atoms with Crippen LogP contribution in [0.25, 0.3) is 0 Å². The highest BCUT2D eigenvalue weighted by Gasteiger charge is 2.05. The molecule has 1 aromatic carbocycles. The summed E-state index contributed by atoms with van der Waals surface area (Å²) < 4.78 is 5.64. The zero-order valence-corrected chi connectivity index (χ0v) is 11.8. The lowest BCUT2D eigenvalue weighted by Gasteiger charge is -2.05. The lowest BCUT2D eigenvalue weighted by molar-refractivity contribution is -0.142. The minimum absolute atomic E-state index is 0.297. The summed E-state index contributed by atoms with van der Waals surface area (Å²) in [4.78, 5) is 22.7. The smallest absolute Gasteiger partial charge is 0.331 e. The molecule has 0 atom stereocenters. The Balaban J connectivity index is 2.43. The molecule has 0 unspecified atom stereocenters. The van der Waals surface area contributed by atoms with Gasteiger partial charge >= 0.3 is 5.97 Å². The van der Waals surface area contributed by atoms with Gasteiger partial charge in [-0.25, -0.2) is 4.79 Å². The molecule has 0 heterocycles. The van der Waals surface area contributed by atoms with Crippen molar-refractivity contribution in [1.29, 1.82) is 0 Å². The van der Waals surface area contributed by atoms with E-state index in [0.29, 0.717) is 5.69 Å². The molecule has 0 aliphatic rings. The number of rotatable bonds is 4. The third-order valence-electron chi connectivity index (χ3n) is 1.86. The predicted molar refractivity (Wildman–Crippen MR) is 73.2 cm³/mol. The van der Waals surface area contributed by atoms with Crippen molar-refractivity contribution >= 4 is 33.5 Å². The predicted octanol–water partition coefficient (Wildman–Crippen LogP) is 2.90. The average Bonchev–Trinajstić information content (AvgIpc) is 2.25. The van der Waals surface area contributed by atoms with E-state index in [1.165, 1.54) is 6.08 Å². The minimum atomic E-state index is -0.514. The van der Waals surface area contributed by atoms with Gasteiger partial charge in [0, 0.05) is 16.2 Å². The molecule has 1 amide bonds. The van der Waals surface area contributed by atoms with Crippen LogP contribution < -0.4 is 5.32 Å². The number of hydrogen-bond acceptors (Lipinski definition) is 3. The molecular formula is C13H14BrNO3. The summed E-state index contributed by atoms with van der Waals surface area (Å²) in [6.45, 7) is 3.26. The van der Waals surface area contributed by atoms with Gasteiger partial charge in [0.2, 0.25) is 0 Å². The number of anilines is 1. The number of carbonyl (C=O) groups is 2. The van der Waals surface area contributed by atoms with Crippen molar-refractivity contribution in [2.45, 2.75) is 13.8 Å². The number of amides is 1. The molecule has 0 radical (unpaired) electrons. The van der Waals surface area contributed by atoms with E-state index in [9.17, 15) is 9.59 Å². The Morgan fingerprint density at radius 1 is 1.39 bits per heavy atom. The highest BCUT2D eigenvalue weighted by molar-refractivity contribution is 9.10. The summed E-state index contributed by atoms with van der Waals surface area (Å²) in [5, 5.41) is 2.62. The number of nitrogens with one attached hydrogen (secondary N) is 1. The first-order valence-electron chi connectivity index (χ1n) is 5.34. The molecule has 0 bridgehead atoms. The van der Waals surface area contributed by atoms with Gasteiger partial charge < -0.3 is 10.1 Å². The van der Waals surface area contributed by atoms with Crippen LogP contribution in [0.3, 0.4) is 0 Å². The van der Waals surface area contributed by atoms with E-state index in [1.54, 1.807) is 32.0 Å². The van der Waals surface area contributed by atoms with E-state index in [4.69, 9.17) is 4.74 Å². The molecule has 0 spiro atoms. The topological polar surface area (TPSA) is 55.4 Å². The molecule has 1 aromatic rings. The fourth-order valence-electron chi connectivity index (χ4n) is 1.18. The molecule has 5 heteroatoms. The van der Waals surface area contributed by atoms with Crippen molar-refractivity contribution in [3.63, 3.8) is 0 Å². The van der Waals surface area contributed by atoms with Gasteiger partial charge in [-0.05, 0) is 32.0 Å². The maximum atomic E-state index is 11.5. The van der Waals surface area contributed by atoms with Crippen LogP contribution >= 0.6 is 15.9 Å². The molecule has 0 aromatic heterocycles. The van der Waals surface area contributed by atoms with Crippen molar-refractivity contribution in [3.8, 4) is 0 Å². The summed E-state index contributed by atoms with van der Waals surface area (Å²) in [7, 11) is 0. The Morgan fingerprint density at radius 3 is 2.72 bits per heavy atom. The maximum absolute atomic E-state index is 11.5. The van der Waals surface area contributed by atoms with Gasteiger partial charge in [0.15, 0.2) is 6.61 Å². The fraction of sp³-hybridized carbons (Fsp3) is 0.231. The number of benzene rings is 1. The summed E-state index contributed by atoms with van der Waals surface area (Å²) in [6.07, 6.45) is 1.34. The van der Waals surface area contributed by atoms with E-state index in [2.05, 4.69) is 21.2 Å². The van der Waals surface area contributed by atoms with Gasteiger partial charge in [0.05, 0.1) is 0 Å². The van der Waals surface area contributed by atoms with Crippen molar-refractivity contribution in [2.24, 2.45) is 0 Å². The lowest BCUT2D eigenvalue weighted by Crippen LogP contribution is -2.20. The molecule has 4 nitrogen and oxygen atoms in total. The van der Waals surface area contributed by atoms with Gasteiger partial charge in [-0.2, -0.15) is 0 Å². The number of esters is 1. The monoisotopic (exact) mass is 311 g/mol. The van der Waals surface area contributed by atoms with E-state index in [1.807, 2.05) is 6.07 Å². The lowest BCUT2D eigenvalue weighted by atomic mass is 10.3. The Labute approximate surface area is 114 Å². The molecule has 0 aliphatic heterocycles. The normalized spacial score (nSPS) is 9.50. The first-order chi connectivity index (χ1) is 8.47. The largest absolute Gasteiger partial charge is 0.452 e. The van der Waals surface area contributed by atoms with Gasteiger partial charge in [-0.15, -0.1) is 0 Å². The highest BCUT2D eigenvalue weighted by atomic mass is 79.9. The van der Waals surface area contributed by atoms with Crippen molar-refractivity contribution < 1.29 is 14.3 Å². The second-order valence-corrected chi connectivity index (χ2v) is 4.80. The Morgan fingerprint density at radius 2 is 2.11 bits per heavy atom. The molecule has 18 heavy (non-hydrogen) atoms. The standard InChI is InChI=1S/C13H14BrNO3/c1-9(2)6-13(17)18-8-12(16)15-11-5-3-4-10(14)7-11/h3-7H,8H2,1-2H3,(H,15,16). The van der Waals surface area contributed by atoms with Gasteiger partial charge in [-0.1, -0.05) is 27.6 Å². The minimum Gasteiger partial charge on any atom is -0.452 e. The van der Waals surface area contributed by atoms with Crippen LogP contribution in [0.5, 0.6) is 0 Å². The van der Waals surface area contributed by atoms with Gasteiger partial charge in [0.1, 0.15) is 0 Å². The second-order valence-electron chi connectivity index (χ2n) is 3.89. The SMILES string of the molecule is CC(C)=CC(=O)OCC(=O)Nc1cccc(Br)c1. The fourth-order valence-corrected chi connectivity index (χ4v) is 1.58. The molecular weight excluding hydrogens is 298 g/mol. The summed E-state index contributed by atoms with van der Waals surface area (Å²) in [5.74, 6) is -0.886. The van der Waals surface area contributed by atoms with E-state index in [0.717, 1.165) is 10.0 Å². The number of halogens is 1. The van der Waals surface area contributed by atoms with E-state index in [-0.39, 0.29) is 12.5 Å². The molecule has 1 rings (SSSR count). The first kappa shape index (κ1) is 14.4. The van der Waals surface area contributed by atoms with Crippen molar-refractivity contribution in [3.05, 3.63) is 40.4 Å². The molecule has 0 saturated carbocycles. The van der Waals surface area contributed by atoms with Crippen molar-refractivity contribution in [2.75, 3.05) is 11.9 Å². The number of carbonyl (C=O) groups excluding carboxylic acids is 2. The Hall–Kier alpha value is -1.62. The zero-order chi connectivity index (χ0) is 13.5. The molecule has 0 saturated heterocycles. The highest BCUT2D eigenvalue weighted by Crippen LogP contribution is 2.15. The van der Waals surface area contributed by atoms with E-state index >= 15 is 0 Å². The third kappa shape index (κ3) is 5.63. The molecule has 0 aliphatic carbocycles. The van der Waals surface area contributed by atoms with E-state index < -0.39 is 5.97 Å². The van der Waals surface area contributed by atoms with Gasteiger partial charge in [0.25, 0.3) is 5.91 Å². The van der Waals surface area contributed by atoms with Crippen LogP contribution in [0.2, 0.25) is 0 Å². The van der Waals surface area contributed by atoms with Crippen LogP contribution in [-0.2, 0) is 14.3 Å². The molecule has 1 N–H and O–H groups in total.